The molecule has 0 aromatic heterocycles. The number of carbonyl (C=O) groups is 2. The Labute approximate surface area is 133 Å². The molecule has 0 spiro atoms. The SMILES string of the molecule is CC(C)CCCC(C)CCN1C(=O)[C@@H]2[C@H](C1=O)[C@H]1CC[C@@H]2O1. The van der Waals surface area contributed by atoms with Crippen molar-refractivity contribution in [3.63, 3.8) is 0 Å². The molecule has 0 aliphatic carbocycles. The number of fused-ring (bicyclic) bond motifs is 5. The largest absolute Gasteiger partial charge is 0.373 e. The fourth-order valence-electron chi connectivity index (χ4n) is 4.36. The van der Waals surface area contributed by atoms with Gasteiger partial charge in [0.2, 0.25) is 11.8 Å². The molecule has 3 heterocycles. The standard InChI is InChI=1S/C18H29NO3/c1-11(2)5-4-6-12(3)9-10-19-17(20)15-13-7-8-14(22-13)16(15)18(19)21/h11-16H,4-10H2,1-3H3/t12?,13-,14+,15-,16+. The fourth-order valence-corrected chi connectivity index (χ4v) is 4.36. The molecular weight excluding hydrogens is 278 g/mol. The van der Waals surface area contributed by atoms with Crippen molar-refractivity contribution >= 4 is 11.8 Å². The van der Waals surface area contributed by atoms with Crippen LogP contribution in [-0.2, 0) is 14.3 Å². The monoisotopic (exact) mass is 307 g/mol. The van der Waals surface area contributed by atoms with Gasteiger partial charge in [0.05, 0.1) is 24.0 Å². The van der Waals surface area contributed by atoms with Gasteiger partial charge < -0.3 is 4.74 Å². The number of amides is 2. The van der Waals surface area contributed by atoms with Crippen LogP contribution in [0.25, 0.3) is 0 Å². The fraction of sp³-hybridized carbons (Fsp3) is 0.889. The van der Waals surface area contributed by atoms with Crippen LogP contribution in [0.2, 0.25) is 0 Å². The molecule has 124 valence electrons. The Balaban J connectivity index is 1.49. The molecule has 3 fully saturated rings. The molecule has 2 bridgehead atoms. The normalized spacial score (nSPS) is 34.8. The van der Waals surface area contributed by atoms with E-state index in [2.05, 4.69) is 20.8 Å². The summed E-state index contributed by atoms with van der Waals surface area (Å²) >= 11 is 0. The number of likely N-dealkylation sites (tertiary alicyclic amines) is 1. The van der Waals surface area contributed by atoms with Crippen molar-refractivity contribution in [1.29, 1.82) is 0 Å². The van der Waals surface area contributed by atoms with Crippen LogP contribution < -0.4 is 0 Å². The Morgan fingerprint density at radius 2 is 1.59 bits per heavy atom. The van der Waals surface area contributed by atoms with E-state index in [0.717, 1.165) is 25.2 Å². The summed E-state index contributed by atoms with van der Waals surface area (Å²) in [5.41, 5.74) is 0. The van der Waals surface area contributed by atoms with Crippen molar-refractivity contribution in [2.24, 2.45) is 23.7 Å². The van der Waals surface area contributed by atoms with E-state index in [4.69, 9.17) is 4.74 Å². The number of hydrogen-bond acceptors (Lipinski definition) is 3. The van der Waals surface area contributed by atoms with Crippen molar-refractivity contribution in [2.45, 2.75) is 71.5 Å². The molecule has 0 radical (unpaired) electrons. The third-order valence-corrected chi connectivity index (χ3v) is 5.70. The molecule has 3 rings (SSSR count). The number of hydrogen-bond donors (Lipinski definition) is 0. The molecule has 2 amide bonds. The lowest BCUT2D eigenvalue weighted by Gasteiger charge is -2.20. The lowest BCUT2D eigenvalue weighted by molar-refractivity contribution is -0.142. The smallest absolute Gasteiger partial charge is 0.235 e. The molecule has 0 saturated carbocycles. The Bertz CT molecular complexity index is 420. The summed E-state index contributed by atoms with van der Waals surface area (Å²) in [4.78, 5) is 26.6. The highest BCUT2D eigenvalue weighted by Crippen LogP contribution is 2.48. The Morgan fingerprint density at radius 3 is 2.14 bits per heavy atom. The molecule has 1 unspecified atom stereocenters. The molecule has 0 N–H and O–H groups in total. The average molecular weight is 307 g/mol. The second kappa shape index (κ2) is 6.31. The van der Waals surface area contributed by atoms with Gasteiger partial charge in [-0.15, -0.1) is 0 Å². The maximum atomic E-state index is 12.5. The topological polar surface area (TPSA) is 46.6 Å². The Hall–Kier alpha value is -0.900. The lowest BCUT2D eigenvalue weighted by Crippen LogP contribution is -2.35. The first-order chi connectivity index (χ1) is 10.5. The van der Waals surface area contributed by atoms with Crippen LogP contribution >= 0.6 is 0 Å². The van der Waals surface area contributed by atoms with Crippen molar-refractivity contribution in [3.8, 4) is 0 Å². The van der Waals surface area contributed by atoms with Crippen molar-refractivity contribution in [2.75, 3.05) is 6.54 Å². The molecule has 5 atom stereocenters. The Morgan fingerprint density at radius 1 is 1.00 bits per heavy atom. The lowest BCUT2D eigenvalue weighted by atomic mass is 9.81. The van der Waals surface area contributed by atoms with Gasteiger partial charge in [0.25, 0.3) is 0 Å². The third-order valence-electron chi connectivity index (χ3n) is 5.70. The van der Waals surface area contributed by atoms with Gasteiger partial charge in [0, 0.05) is 6.54 Å². The van der Waals surface area contributed by atoms with E-state index in [-0.39, 0.29) is 35.9 Å². The second-order valence-electron chi connectivity index (χ2n) is 7.89. The minimum Gasteiger partial charge on any atom is -0.373 e. The first kappa shape index (κ1) is 16.0. The number of rotatable bonds is 7. The first-order valence-electron chi connectivity index (χ1n) is 8.99. The van der Waals surface area contributed by atoms with Crippen molar-refractivity contribution in [3.05, 3.63) is 0 Å². The second-order valence-corrected chi connectivity index (χ2v) is 7.89. The minimum atomic E-state index is -0.164. The zero-order chi connectivity index (χ0) is 15.9. The van der Waals surface area contributed by atoms with Gasteiger partial charge in [-0.05, 0) is 31.1 Å². The predicted octanol–water partition coefficient (Wildman–Crippen LogP) is 3.00. The summed E-state index contributed by atoms with van der Waals surface area (Å²) in [5.74, 6) is 1.08. The number of carbonyl (C=O) groups excluding carboxylic acids is 2. The van der Waals surface area contributed by atoms with Gasteiger partial charge in [-0.2, -0.15) is 0 Å². The molecule has 4 heteroatoms. The van der Waals surface area contributed by atoms with Gasteiger partial charge >= 0.3 is 0 Å². The van der Waals surface area contributed by atoms with Crippen molar-refractivity contribution in [1.82, 2.24) is 4.90 Å². The van der Waals surface area contributed by atoms with Gasteiger partial charge in [-0.3, -0.25) is 14.5 Å². The zero-order valence-electron chi connectivity index (χ0n) is 14.1. The Kier molecular flexibility index (Phi) is 4.58. The summed E-state index contributed by atoms with van der Waals surface area (Å²) in [6.07, 6.45) is 6.55. The van der Waals surface area contributed by atoms with Crippen LogP contribution in [-0.4, -0.2) is 35.5 Å². The number of ether oxygens (including phenoxy) is 1. The molecule has 22 heavy (non-hydrogen) atoms. The van der Waals surface area contributed by atoms with E-state index in [9.17, 15) is 9.59 Å². The predicted molar refractivity (Wildman–Crippen MR) is 84.1 cm³/mol. The summed E-state index contributed by atoms with van der Waals surface area (Å²) < 4.78 is 5.76. The average Bonchev–Trinajstić information content (AvgIpc) is 3.12. The van der Waals surface area contributed by atoms with E-state index in [1.54, 1.807) is 4.90 Å². The van der Waals surface area contributed by atoms with Crippen molar-refractivity contribution < 1.29 is 14.3 Å². The van der Waals surface area contributed by atoms with Gasteiger partial charge in [-0.1, -0.05) is 40.0 Å². The number of imide groups is 1. The van der Waals surface area contributed by atoms with Crippen LogP contribution in [0.4, 0.5) is 0 Å². The van der Waals surface area contributed by atoms with Crippen LogP contribution in [0.5, 0.6) is 0 Å². The molecule has 3 aliphatic rings. The first-order valence-corrected chi connectivity index (χ1v) is 8.99. The van der Waals surface area contributed by atoms with Crippen LogP contribution in [0.3, 0.4) is 0 Å². The summed E-state index contributed by atoms with van der Waals surface area (Å²) in [5, 5.41) is 0. The van der Waals surface area contributed by atoms with Crippen LogP contribution in [0.15, 0.2) is 0 Å². The molecular formula is C18H29NO3. The highest BCUT2D eigenvalue weighted by Gasteiger charge is 2.62. The third kappa shape index (κ3) is 2.82. The number of nitrogens with zero attached hydrogens (tertiary/aromatic N) is 1. The van der Waals surface area contributed by atoms with E-state index in [1.165, 1.54) is 19.3 Å². The van der Waals surface area contributed by atoms with E-state index < -0.39 is 0 Å². The molecule has 3 saturated heterocycles. The van der Waals surface area contributed by atoms with Gasteiger partial charge in [0.15, 0.2) is 0 Å². The van der Waals surface area contributed by atoms with E-state index in [0.29, 0.717) is 12.5 Å². The molecule has 0 aromatic rings. The molecule has 4 nitrogen and oxygen atoms in total. The van der Waals surface area contributed by atoms with E-state index in [1.807, 2.05) is 0 Å². The molecule has 0 aromatic carbocycles. The van der Waals surface area contributed by atoms with Crippen LogP contribution in [0.1, 0.15) is 59.3 Å². The molecule has 3 aliphatic heterocycles. The van der Waals surface area contributed by atoms with Gasteiger partial charge in [-0.25, -0.2) is 0 Å². The van der Waals surface area contributed by atoms with E-state index >= 15 is 0 Å². The van der Waals surface area contributed by atoms with Crippen LogP contribution in [0, 0.1) is 23.7 Å². The maximum Gasteiger partial charge on any atom is 0.235 e. The highest BCUT2D eigenvalue weighted by molar-refractivity contribution is 6.06. The summed E-state index contributed by atoms with van der Waals surface area (Å²) in [7, 11) is 0. The summed E-state index contributed by atoms with van der Waals surface area (Å²) in [6, 6.07) is 0. The zero-order valence-corrected chi connectivity index (χ0v) is 14.1. The quantitative estimate of drug-likeness (QED) is 0.679. The highest BCUT2D eigenvalue weighted by atomic mass is 16.5. The minimum absolute atomic E-state index is 0.0138. The maximum absolute atomic E-state index is 12.5. The van der Waals surface area contributed by atoms with Gasteiger partial charge in [0.1, 0.15) is 0 Å². The summed E-state index contributed by atoms with van der Waals surface area (Å²) in [6.45, 7) is 7.34.